The van der Waals surface area contributed by atoms with Crippen molar-refractivity contribution >= 4 is 0 Å². The average Bonchev–Trinajstić information content (AvgIpc) is 2.78. The van der Waals surface area contributed by atoms with Crippen LogP contribution in [0.2, 0.25) is 0 Å². The van der Waals surface area contributed by atoms with Crippen molar-refractivity contribution < 1.29 is 14.4 Å². The Hall–Kier alpha value is -0.980. The highest BCUT2D eigenvalue weighted by Crippen LogP contribution is 2.21. The molecular formula is C12H21N3O3. The largest absolute Gasteiger partial charge is 0.393 e. The van der Waals surface area contributed by atoms with E-state index in [2.05, 4.69) is 15.0 Å². The summed E-state index contributed by atoms with van der Waals surface area (Å²) in [6.45, 7) is 4.88. The Kier molecular flexibility index (Phi) is 4.68. The van der Waals surface area contributed by atoms with Crippen molar-refractivity contribution in [3.8, 4) is 0 Å². The van der Waals surface area contributed by atoms with E-state index in [1.807, 2.05) is 6.92 Å². The minimum atomic E-state index is -0.205. The number of methoxy groups -OCH3 is 1. The van der Waals surface area contributed by atoms with Crippen LogP contribution in [0.3, 0.4) is 0 Å². The lowest BCUT2D eigenvalue weighted by molar-refractivity contribution is 0.0660. The van der Waals surface area contributed by atoms with E-state index in [1.165, 1.54) is 0 Å². The van der Waals surface area contributed by atoms with Gasteiger partial charge in [-0.1, -0.05) is 5.16 Å². The van der Waals surface area contributed by atoms with Gasteiger partial charge in [0.25, 0.3) is 0 Å². The van der Waals surface area contributed by atoms with E-state index in [9.17, 15) is 5.11 Å². The molecule has 0 bridgehead atoms. The number of nitrogens with zero attached hydrogens (tertiary/aromatic N) is 3. The number of hydrogen-bond acceptors (Lipinski definition) is 6. The molecule has 2 rings (SSSR count). The molecule has 0 aromatic carbocycles. The van der Waals surface area contributed by atoms with Gasteiger partial charge in [-0.15, -0.1) is 0 Å². The SMILES string of the molecule is COCc1noc(CN2CCC(C(C)O)CC2)n1. The summed E-state index contributed by atoms with van der Waals surface area (Å²) in [6, 6.07) is 0. The summed E-state index contributed by atoms with van der Waals surface area (Å²) in [4.78, 5) is 6.54. The summed E-state index contributed by atoms with van der Waals surface area (Å²) < 4.78 is 10.1. The van der Waals surface area contributed by atoms with Gasteiger partial charge < -0.3 is 14.4 Å². The first kappa shape index (κ1) is 13.5. The zero-order chi connectivity index (χ0) is 13.0. The summed E-state index contributed by atoms with van der Waals surface area (Å²) in [5.74, 6) is 1.65. The van der Waals surface area contributed by atoms with Crippen LogP contribution in [0.1, 0.15) is 31.5 Å². The summed E-state index contributed by atoms with van der Waals surface area (Å²) in [7, 11) is 1.61. The molecule has 0 aliphatic carbocycles. The van der Waals surface area contributed by atoms with E-state index < -0.39 is 0 Å². The van der Waals surface area contributed by atoms with Crippen LogP contribution in [0.25, 0.3) is 0 Å². The maximum Gasteiger partial charge on any atom is 0.240 e. The number of rotatable bonds is 5. The van der Waals surface area contributed by atoms with E-state index in [1.54, 1.807) is 7.11 Å². The fourth-order valence-corrected chi connectivity index (χ4v) is 2.33. The third-order valence-electron chi connectivity index (χ3n) is 3.46. The van der Waals surface area contributed by atoms with Gasteiger partial charge in [0.1, 0.15) is 6.61 Å². The first-order valence-corrected chi connectivity index (χ1v) is 6.40. The molecule has 0 radical (unpaired) electrons. The third kappa shape index (κ3) is 3.51. The molecule has 0 amide bonds. The Morgan fingerprint density at radius 1 is 1.50 bits per heavy atom. The molecule has 1 unspecified atom stereocenters. The normalized spacial score (nSPS) is 20.2. The maximum atomic E-state index is 9.54. The monoisotopic (exact) mass is 255 g/mol. The molecule has 102 valence electrons. The average molecular weight is 255 g/mol. The van der Waals surface area contributed by atoms with Crippen molar-refractivity contribution in [1.29, 1.82) is 0 Å². The molecule has 1 N–H and O–H groups in total. The van der Waals surface area contributed by atoms with E-state index >= 15 is 0 Å². The molecule has 1 aromatic heterocycles. The Labute approximate surface area is 107 Å². The first-order valence-electron chi connectivity index (χ1n) is 6.40. The fourth-order valence-electron chi connectivity index (χ4n) is 2.33. The lowest BCUT2D eigenvalue weighted by Gasteiger charge is -2.32. The summed E-state index contributed by atoms with van der Waals surface area (Å²) >= 11 is 0. The van der Waals surface area contributed by atoms with Crippen LogP contribution in [0, 0.1) is 5.92 Å². The lowest BCUT2D eigenvalue weighted by atomic mass is 9.92. The third-order valence-corrected chi connectivity index (χ3v) is 3.46. The van der Waals surface area contributed by atoms with Crippen molar-refractivity contribution in [2.75, 3.05) is 20.2 Å². The van der Waals surface area contributed by atoms with Crippen LogP contribution >= 0.6 is 0 Å². The molecular weight excluding hydrogens is 234 g/mol. The predicted molar refractivity (Wildman–Crippen MR) is 64.7 cm³/mol. The predicted octanol–water partition coefficient (Wildman–Crippen LogP) is 0.809. The van der Waals surface area contributed by atoms with Crippen molar-refractivity contribution in [2.45, 2.75) is 39.0 Å². The van der Waals surface area contributed by atoms with E-state index in [4.69, 9.17) is 9.26 Å². The second-order valence-corrected chi connectivity index (χ2v) is 4.89. The van der Waals surface area contributed by atoms with Crippen LogP contribution in [0.4, 0.5) is 0 Å². The van der Waals surface area contributed by atoms with Crippen LogP contribution in [0.5, 0.6) is 0 Å². The van der Waals surface area contributed by atoms with Crippen molar-refractivity contribution in [3.05, 3.63) is 11.7 Å². The number of piperidine rings is 1. The van der Waals surface area contributed by atoms with Gasteiger partial charge in [0, 0.05) is 7.11 Å². The van der Waals surface area contributed by atoms with Crippen LogP contribution in [0.15, 0.2) is 4.52 Å². The van der Waals surface area contributed by atoms with Gasteiger partial charge in [0.05, 0.1) is 12.6 Å². The quantitative estimate of drug-likeness (QED) is 0.839. The summed E-state index contributed by atoms with van der Waals surface area (Å²) in [5.41, 5.74) is 0. The second kappa shape index (κ2) is 6.26. The highest BCUT2D eigenvalue weighted by molar-refractivity contribution is 4.86. The molecule has 0 spiro atoms. The lowest BCUT2D eigenvalue weighted by Crippen LogP contribution is -2.36. The van der Waals surface area contributed by atoms with Gasteiger partial charge in [-0.2, -0.15) is 4.98 Å². The van der Waals surface area contributed by atoms with Crippen LogP contribution < -0.4 is 0 Å². The molecule has 0 saturated carbocycles. The summed E-state index contributed by atoms with van der Waals surface area (Å²) in [5, 5.41) is 13.4. The van der Waals surface area contributed by atoms with Gasteiger partial charge >= 0.3 is 0 Å². The molecule has 18 heavy (non-hydrogen) atoms. The van der Waals surface area contributed by atoms with Gasteiger partial charge in [-0.05, 0) is 38.8 Å². The molecule has 1 aliphatic heterocycles. The smallest absolute Gasteiger partial charge is 0.240 e. The molecule has 6 nitrogen and oxygen atoms in total. The van der Waals surface area contributed by atoms with Crippen molar-refractivity contribution in [1.82, 2.24) is 15.0 Å². The van der Waals surface area contributed by atoms with Gasteiger partial charge in [0.15, 0.2) is 5.82 Å². The maximum absolute atomic E-state index is 9.54. The number of hydrogen-bond donors (Lipinski definition) is 1. The zero-order valence-electron chi connectivity index (χ0n) is 11.0. The number of aliphatic hydroxyl groups excluding tert-OH is 1. The van der Waals surface area contributed by atoms with Gasteiger partial charge in [-0.3, -0.25) is 4.90 Å². The van der Waals surface area contributed by atoms with Crippen molar-refractivity contribution in [2.24, 2.45) is 5.92 Å². The molecule has 1 atom stereocenters. The highest BCUT2D eigenvalue weighted by atomic mass is 16.5. The van der Waals surface area contributed by atoms with Crippen LogP contribution in [-0.2, 0) is 17.9 Å². The zero-order valence-corrected chi connectivity index (χ0v) is 11.0. The molecule has 1 fully saturated rings. The Bertz CT molecular complexity index is 359. The molecule has 6 heteroatoms. The van der Waals surface area contributed by atoms with E-state index in [-0.39, 0.29) is 6.10 Å². The van der Waals surface area contributed by atoms with E-state index in [0.717, 1.165) is 25.9 Å². The molecule has 1 aliphatic rings. The van der Waals surface area contributed by atoms with Gasteiger partial charge in [-0.25, -0.2) is 0 Å². The topological polar surface area (TPSA) is 71.6 Å². The first-order chi connectivity index (χ1) is 8.69. The van der Waals surface area contributed by atoms with Crippen molar-refractivity contribution in [3.63, 3.8) is 0 Å². The molecule has 2 heterocycles. The molecule has 1 aromatic rings. The fraction of sp³-hybridized carbons (Fsp3) is 0.833. The van der Waals surface area contributed by atoms with E-state index in [0.29, 0.717) is 30.8 Å². The Morgan fingerprint density at radius 3 is 2.83 bits per heavy atom. The Morgan fingerprint density at radius 2 is 2.22 bits per heavy atom. The highest BCUT2D eigenvalue weighted by Gasteiger charge is 2.23. The summed E-state index contributed by atoms with van der Waals surface area (Å²) in [6.07, 6.45) is 1.84. The number of ether oxygens (including phenoxy) is 1. The second-order valence-electron chi connectivity index (χ2n) is 4.89. The Balaban J connectivity index is 1.80. The van der Waals surface area contributed by atoms with Crippen LogP contribution in [-0.4, -0.2) is 46.5 Å². The number of likely N-dealkylation sites (tertiary alicyclic amines) is 1. The minimum Gasteiger partial charge on any atom is -0.393 e. The number of aromatic nitrogens is 2. The minimum absolute atomic E-state index is 0.205. The standard InChI is InChI=1S/C12H21N3O3/c1-9(16)10-3-5-15(6-4-10)7-12-13-11(8-17-2)14-18-12/h9-10,16H,3-8H2,1-2H3. The van der Waals surface area contributed by atoms with Gasteiger partial charge in [0.2, 0.25) is 5.89 Å². The number of aliphatic hydroxyl groups is 1. The molecule has 1 saturated heterocycles.